The van der Waals surface area contributed by atoms with Gasteiger partial charge in [0.15, 0.2) is 0 Å². The van der Waals surface area contributed by atoms with Crippen LogP contribution >= 0.6 is 15.9 Å². The van der Waals surface area contributed by atoms with Gasteiger partial charge in [0.1, 0.15) is 11.9 Å². The number of aryl methyl sites for hydroxylation is 1. The summed E-state index contributed by atoms with van der Waals surface area (Å²) in [4.78, 5) is 0. The van der Waals surface area contributed by atoms with Crippen LogP contribution in [0.4, 0.5) is 0 Å². The molecule has 2 nitrogen and oxygen atoms in total. The lowest BCUT2D eigenvalue weighted by Crippen LogP contribution is -2.32. The predicted octanol–water partition coefficient (Wildman–Crippen LogP) is 4.06. The highest BCUT2D eigenvalue weighted by atomic mass is 79.9. The average molecular weight is 312 g/mol. The van der Waals surface area contributed by atoms with Crippen molar-refractivity contribution >= 4 is 15.9 Å². The molecule has 1 unspecified atom stereocenters. The highest BCUT2D eigenvalue weighted by Gasteiger charge is 2.22. The molecule has 0 aliphatic heterocycles. The zero-order chi connectivity index (χ0) is 13.0. The van der Waals surface area contributed by atoms with Gasteiger partial charge in [-0.05, 0) is 43.9 Å². The number of benzene rings is 1. The van der Waals surface area contributed by atoms with E-state index in [1.54, 1.807) is 0 Å². The number of hydrogen-bond donors (Lipinski definition) is 1. The Kier molecular flexibility index (Phi) is 5.07. The van der Waals surface area contributed by atoms with E-state index < -0.39 is 0 Å². The fourth-order valence-electron chi connectivity index (χ4n) is 1.99. The molecular formula is C15H22BrNO. The molecule has 0 aromatic heterocycles. The van der Waals surface area contributed by atoms with Gasteiger partial charge in [0, 0.05) is 17.1 Å². The van der Waals surface area contributed by atoms with Gasteiger partial charge in [-0.15, -0.1) is 0 Å². The normalized spacial score (nSPS) is 16.6. The summed E-state index contributed by atoms with van der Waals surface area (Å²) in [6, 6.07) is 6.96. The Balaban J connectivity index is 1.94. The molecule has 100 valence electrons. The summed E-state index contributed by atoms with van der Waals surface area (Å²) < 4.78 is 7.23. The van der Waals surface area contributed by atoms with Gasteiger partial charge in [-0.3, -0.25) is 0 Å². The topological polar surface area (TPSA) is 21.3 Å². The van der Waals surface area contributed by atoms with E-state index in [1.165, 1.54) is 18.4 Å². The second kappa shape index (κ2) is 6.58. The van der Waals surface area contributed by atoms with E-state index >= 15 is 0 Å². The van der Waals surface area contributed by atoms with Crippen molar-refractivity contribution in [3.05, 3.63) is 28.2 Å². The Labute approximate surface area is 118 Å². The summed E-state index contributed by atoms with van der Waals surface area (Å²) in [5.74, 6) is 1.00. The molecule has 0 heterocycles. The molecule has 0 bridgehead atoms. The Hall–Kier alpha value is -0.540. The highest BCUT2D eigenvalue weighted by molar-refractivity contribution is 9.10. The van der Waals surface area contributed by atoms with Crippen LogP contribution in [-0.2, 0) is 0 Å². The summed E-state index contributed by atoms with van der Waals surface area (Å²) in [5.41, 5.74) is 1.20. The van der Waals surface area contributed by atoms with Crippen molar-refractivity contribution in [2.24, 2.45) is 0 Å². The van der Waals surface area contributed by atoms with Crippen molar-refractivity contribution in [1.29, 1.82) is 0 Å². The van der Waals surface area contributed by atoms with Gasteiger partial charge < -0.3 is 10.1 Å². The Morgan fingerprint density at radius 1 is 1.44 bits per heavy atom. The zero-order valence-corrected chi connectivity index (χ0v) is 12.8. The summed E-state index contributed by atoms with van der Waals surface area (Å²) in [7, 11) is 0. The fourth-order valence-corrected chi connectivity index (χ4v) is 2.33. The van der Waals surface area contributed by atoms with E-state index in [2.05, 4.69) is 53.3 Å². The van der Waals surface area contributed by atoms with Crippen LogP contribution in [-0.4, -0.2) is 18.7 Å². The molecule has 1 N–H and O–H groups in total. The molecular weight excluding hydrogens is 290 g/mol. The fraction of sp³-hybridized carbons (Fsp3) is 0.600. The first kappa shape index (κ1) is 13.9. The van der Waals surface area contributed by atoms with Crippen LogP contribution in [0.15, 0.2) is 22.7 Å². The first-order valence-electron chi connectivity index (χ1n) is 6.85. The maximum Gasteiger partial charge on any atom is 0.123 e. The molecule has 1 aliphatic carbocycles. The van der Waals surface area contributed by atoms with Crippen molar-refractivity contribution in [1.82, 2.24) is 5.32 Å². The number of ether oxygens (including phenoxy) is 1. The molecule has 1 saturated carbocycles. The largest absolute Gasteiger partial charge is 0.489 e. The monoisotopic (exact) mass is 311 g/mol. The van der Waals surface area contributed by atoms with Gasteiger partial charge in [0.05, 0.1) is 0 Å². The quantitative estimate of drug-likeness (QED) is 0.820. The molecule has 1 aromatic carbocycles. The minimum atomic E-state index is 0.281. The number of hydrogen-bond acceptors (Lipinski definition) is 2. The lowest BCUT2D eigenvalue weighted by molar-refractivity contribution is 0.184. The maximum absolute atomic E-state index is 6.15. The molecule has 0 spiro atoms. The SMILES string of the molecule is CCCC(CNC1CC1)Oc1cc(Br)ccc1C. The van der Waals surface area contributed by atoms with Crippen LogP contribution < -0.4 is 10.1 Å². The van der Waals surface area contributed by atoms with Crippen molar-refractivity contribution in [3.63, 3.8) is 0 Å². The zero-order valence-electron chi connectivity index (χ0n) is 11.2. The Bertz CT molecular complexity index is 390. The lowest BCUT2D eigenvalue weighted by atomic mass is 10.2. The molecule has 3 heteroatoms. The molecule has 18 heavy (non-hydrogen) atoms. The first-order chi connectivity index (χ1) is 8.69. The second-order valence-electron chi connectivity index (χ2n) is 5.12. The average Bonchev–Trinajstić information content (AvgIpc) is 3.15. The van der Waals surface area contributed by atoms with Crippen molar-refractivity contribution in [2.75, 3.05) is 6.54 Å². The maximum atomic E-state index is 6.15. The van der Waals surface area contributed by atoms with Crippen LogP contribution in [0.25, 0.3) is 0 Å². The van der Waals surface area contributed by atoms with Crippen molar-refractivity contribution in [3.8, 4) is 5.75 Å². The molecule has 0 radical (unpaired) electrons. The number of rotatable bonds is 7. The van der Waals surface area contributed by atoms with Gasteiger partial charge in [0.2, 0.25) is 0 Å². The molecule has 1 aromatic rings. The van der Waals surface area contributed by atoms with Crippen LogP contribution in [0.2, 0.25) is 0 Å². The summed E-state index contributed by atoms with van der Waals surface area (Å²) >= 11 is 3.50. The summed E-state index contributed by atoms with van der Waals surface area (Å²) in [6.45, 7) is 5.27. The molecule has 1 atom stereocenters. The van der Waals surface area contributed by atoms with Crippen LogP contribution in [0.5, 0.6) is 5.75 Å². The van der Waals surface area contributed by atoms with E-state index in [0.29, 0.717) is 0 Å². The van der Waals surface area contributed by atoms with E-state index in [9.17, 15) is 0 Å². The van der Waals surface area contributed by atoms with Crippen LogP contribution in [0.1, 0.15) is 38.2 Å². The Morgan fingerprint density at radius 2 is 2.22 bits per heavy atom. The van der Waals surface area contributed by atoms with E-state index in [0.717, 1.165) is 35.7 Å². The number of nitrogens with one attached hydrogen (secondary N) is 1. The molecule has 1 aliphatic rings. The van der Waals surface area contributed by atoms with Crippen molar-refractivity contribution in [2.45, 2.75) is 51.7 Å². The third kappa shape index (κ3) is 4.29. The molecule has 0 saturated heterocycles. The standard InChI is InChI=1S/C15H22BrNO/c1-3-4-14(10-17-13-7-8-13)18-15-9-12(16)6-5-11(15)2/h5-6,9,13-14,17H,3-4,7-8,10H2,1-2H3. The molecule has 2 rings (SSSR count). The summed E-state index contributed by atoms with van der Waals surface area (Å²) in [5, 5.41) is 3.56. The molecule has 0 amide bonds. The number of halogens is 1. The minimum Gasteiger partial charge on any atom is -0.489 e. The van der Waals surface area contributed by atoms with E-state index in [4.69, 9.17) is 4.74 Å². The van der Waals surface area contributed by atoms with Gasteiger partial charge in [0.25, 0.3) is 0 Å². The van der Waals surface area contributed by atoms with E-state index in [1.807, 2.05) is 0 Å². The van der Waals surface area contributed by atoms with Gasteiger partial charge in [-0.1, -0.05) is 35.3 Å². The van der Waals surface area contributed by atoms with Gasteiger partial charge in [-0.25, -0.2) is 0 Å². The smallest absolute Gasteiger partial charge is 0.123 e. The predicted molar refractivity (Wildman–Crippen MR) is 79.2 cm³/mol. The van der Waals surface area contributed by atoms with Crippen LogP contribution in [0.3, 0.4) is 0 Å². The van der Waals surface area contributed by atoms with Gasteiger partial charge in [-0.2, -0.15) is 0 Å². The molecule has 1 fully saturated rings. The van der Waals surface area contributed by atoms with Crippen LogP contribution in [0, 0.1) is 6.92 Å². The van der Waals surface area contributed by atoms with E-state index in [-0.39, 0.29) is 6.10 Å². The Morgan fingerprint density at radius 3 is 2.89 bits per heavy atom. The minimum absolute atomic E-state index is 0.281. The van der Waals surface area contributed by atoms with Gasteiger partial charge >= 0.3 is 0 Å². The van der Waals surface area contributed by atoms with Crippen molar-refractivity contribution < 1.29 is 4.74 Å². The summed E-state index contributed by atoms with van der Waals surface area (Å²) in [6.07, 6.45) is 5.20. The third-order valence-corrected chi connectivity index (χ3v) is 3.76. The second-order valence-corrected chi connectivity index (χ2v) is 6.04. The first-order valence-corrected chi connectivity index (χ1v) is 7.64. The highest BCUT2D eigenvalue weighted by Crippen LogP contribution is 2.25. The third-order valence-electron chi connectivity index (χ3n) is 3.27. The lowest BCUT2D eigenvalue weighted by Gasteiger charge is -2.20.